The van der Waals surface area contributed by atoms with Crippen molar-refractivity contribution in [3.8, 4) is 0 Å². The number of aromatic nitrogens is 2. The molecule has 29 heavy (non-hydrogen) atoms. The van der Waals surface area contributed by atoms with Gasteiger partial charge in [-0.1, -0.05) is 48.8 Å². The lowest BCUT2D eigenvalue weighted by molar-refractivity contribution is -0.124. The van der Waals surface area contributed by atoms with Gasteiger partial charge in [0, 0.05) is 6.04 Å². The van der Waals surface area contributed by atoms with E-state index in [1.807, 2.05) is 18.7 Å². The van der Waals surface area contributed by atoms with Crippen molar-refractivity contribution in [3.63, 3.8) is 0 Å². The van der Waals surface area contributed by atoms with Gasteiger partial charge >= 0.3 is 0 Å². The zero-order valence-corrected chi connectivity index (χ0v) is 19.0. The predicted octanol–water partition coefficient (Wildman–Crippen LogP) is 5.79. The van der Waals surface area contributed by atoms with Gasteiger partial charge < -0.3 is 0 Å². The van der Waals surface area contributed by atoms with Gasteiger partial charge in [0.05, 0.1) is 4.91 Å². The number of aliphatic imine (C=N–C) groups is 1. The molecule has 1 saturated heterocycles. The van der Waals surface area contributed by atoms with E-state index >= 15 is 0 Å². The molecule has 0 atom stereocenters. The molecule has 4 rings (SSSR count). The van der Waals surface area contributed by atoms with Crippen LogP contribution in [0.25, 0.3) is 5.57 Å². The van der Waals surface area contributed by atoms with Crippen LogP contribution >= 0.6 is 23.1 Å². The first-order valence-corrected chi connectivity index (χ1v) is 11.8. The monoisotopic (exact) mass is 426 g/mol. The van der Waals surface area contributed by atoms with Gasteiger partial charge in [0.25, 0.3) is 5.91 Å². The third-order valence-electron chi connectivity index (χ3n) is 5.74. The molecule has 0 radical (unpaired) electrons. The smallest absolute Gasteiger partial charge is 0.267 e. The van der Waals surface area contributed by atoms with E-state index in [1.54, 1.807) is 0 Å². The van der Waals surface area contributed by atoms with E-state index in [1.165, 1.54) is 53.5 Å². The Morgan fingerprint density at radius 2 is 1.86 bits per heavy atom. The largest absolute Gasteiger partial charge is 0.283 e. The maximum Gasteiger partial charge on any atom is 0.267 e. The quantitative estimate of drug-likeness (QED) is 0.583. The van der Waals surface area contributed by atoms with Crippen LogP contribution in [0.15, 0.2) is 28.1 Å². The van der Waals surface area contributed by atoms with Crippen LogP contribution in [0.4, 0.5) is 5.13 Å². The molecule has 7 heteroatoms. The average molecular weight is 427 g/mol. The van der Waals surface area contributed by atoms with Gasteiger partial charge in [-0.25, -0.2) is 0 Å². The van der Waals surface area contributed by atoms with Crippen LogP contribution in [0, 0.1) is 20.8 Å². The van der Waals surface area contributed by atoms with Gasteiger partial charge in [-0.15, -0.1) is 10.2 Å². The van der Waals surface area contributed by atoms with Gasteiger partial charge in [-0.3, -0.25) is 9.69 Å². The number of aryl methyl sites for hydroxylation is 3. The summed E-state index contributed by atoms with van der Waals surface area (Å²) in [6.07, 6.45) is 5.66. The van der Waals surface area contributed by atoms with Crippen LogP contribution in [0.5, 0.6) is 0 Å². The van der Waals surface area contributed by atoms with Gasteiger partial charge in [0.15, 0.2) is 5.17 Å². The van der Waals surface area contributed by atoms with E-state index in [-0.39, 0.29) is 11.9 Å². The molecule has 0 bridgehead atoms. The number of amidine groups is 1. The molecule has 1 aromatic carbocycles. The number of hydrogen-bond donors (Lipinski definition) is 0. The third kappa shape index (κ3) is 4.16. The predicted molar refractivity (Wildman–Crippen MR) is 122 cm³/mol. The van der Waals surface area contributed by atoms with Gasteiger partial charge in [-0.05, 0) is 74.6 Å². The first-order chi connectivity index (χ1) is 13.9. The lowest BCUT2D eigenvalue weighted by Gasteiger charge is -2.30. The molecule has 2 aromatic rings. The van der Waals surface area contributed by atoms with Crippen LogP contribution in [-0.2, 0) is 4.79 Å². The summed E-state index contributed by atoms with van der Waals surface area (Å²) in [5.41, 5.74) is 4.61. The van der Waals surface area contributed by atoms with Crippen molar-refractivity contribution in [1.29, 1.82) is 0 Å². The number of thioether (sulfide) groups is 1. The fourth-order valence-corrected chi connectivity index (χ4v) is 5.59. The van der Waals surface area contributed by atoms with Gasteiger partial charge in [-0.2, -0.15) is 4.99 Å². The Hall–Kier alpha value is -1.99. The average Bonchev–Trinajstić information content (AvgIpc) is 3.27. The van der Waals surface area contributed by atoms with Crippen LogP contribution in [-0.4, -0.2) is 32.2 Å². The van der Waals surface area contributed by atoms with Crippen molar-refractivity contribution in [2.75, 3.05) is 0 Å². The molecule has 152 valence electrons. The number of carbonyl (C=O) groups excluding carboxylic acids is 1. The number of rotatable bonds is 3. The normalized spacial score (nSPS) is 21.3. The minimum absolute atomic E-state index is 0.0811. The summed E-state index contributed by atoms with van der Waals surface area (Å²) in [6, 6.07) is 6.62. The second-order valence-electron chi connectivity index (χ2n) is 7.82. The summed E-state index contributed by atoms with van der Waals surface area (Å²) in [4.78, 5) is 21.0. The molecule has 1 aliphatic carbocycles. The second-order valence-corrected chi connectivity index (χ2v) is 9.96. The van der Waals surface area contributed by atoms with Crippen molar-refractivity contribution < 1.29 is 4.79 Å². The standard InChI is InChI=1S/C22H26N4OS2/c1-13-10-11-17(12-14(13)2)15(3)19-20(27)26(18-8-6-5-7-9-18)22(29-19)23-21-25-24-16(4)28-21/h10-12,18H,5-9H2,1-4H3/b19-15-,23-22+. The number of benzene rings is 1. The Kier molecular flexibility index (Phi) is 5.88. The molecule has 0 unspecified atom stereocenters. The van der Waals surface area contributed by atoms with E-state index in [2.05, 4.69) is 42.2 Å². The van der Waals surface area contributed by atoms with Crippen molar-refractivity contribution in [3.05, 3.63) is 44.8 Å². The summed E-state index contributed by atoms with van der Waals surface area (Å²) in [5.74, 6) is 0.0811. The highest BCUT2D eigenvalue weighted by atomic mass is 32.2. The molecule has 0 N–H and O–H groups in total. The van der Waals surface area contributed by atoms with Crippen molar-refractivity contribution in [2.24, 2.45) is 4.99 Å². The summed E-state index contributed by atoms with van der Waals surface area (Å²) in [7, 11) is 0. The Labute approximate surface area is 180 Å². The third-order valence-corrected chi connectivity index (χ3v) is 7.63. The van der Waals surface area contributed by atoms with Crippen LogP contribution < -0.4 is 0 Å². The molecular formula is C22H26N4OS2. The van der Waals surface area contributed by atoms with E-state index in [9.17, 15) is 4.79 Å². The van der Waals surface area contributed by atoms with Crippen LogP contribution in [0.1, 0.15) is 60.7 Å². The number of hydrogen-bond acceptors (Lipinski definition) is 6. The molecule has 2 fully saturated rings. The molecule has 1 aliphatic heterocycles. The number of nitrogens with zero attached hydrogens (tertiary/aromatic N) is 4. The molecule has 1 saturated carbocycles. The first-order valence-electron chi connectivity index (χ1n) is 10.1. The van der Waals surface area contributed by atoms with E-state index in [0.717, 1.165) is 39.1 Å². The summed E-state index contributed by atoms with van der Waals surface area (Å²) < 4.78 is 0. The van der Waals surface area contributed by atoms with Crippen molar-refractivity contribution in [1.82, 2.24) is 15.1 Å². The second kappa shape index (κ2) is 8.40. The van der Waals surface area contributed by atoms with E-state index in [4.69, 9.17) is 4.99 Å². The zero-order valence-electron chi connectivity index (χ0n) is 17.4. The topological polar surface area (TPSA) is 58.5 Å². The van der Waals surface area contributed by atoms with E-state index < -0.39 is 0 Å². The molecule has 0 spiro atoms. The number of allylic oxidation sites excluding steroid dienone is 1. The maximum absolute atomic E-state index is 13.5. The molecule has 5 nitrogen and oxygen atoms in total. The van der Waals surface area contributed by atoms with Crippen LogP contribution in [0.2, 0.25) is 0 Å². The fraction of sp³-hybridized carbons (Fsp3) is 0.455. The lowest BCUT2D eigenvalue weighted by atomic mass is 9.94. The van der Waals surface area contributed by atoms with E-state index in [0.29, 0.717) is 5.13 Å². The Balaban J connectivity index is 1.75. The number of carbonyl (C=O) groups is 1. The first kappa shape index (κ1) is 20.3. The highest BCUT2D eigenvalue weighted by molar-refractivity contribution is 8.18. The molecule has 1 amide bonds. The summed E-state index contributed by atoms with van der Waals surface area (Å²) >= 11 is 2.94. The minimum Gasteiger partial charge on any atom is -0.283 e. The Bertz CT molecular complexity index is 1000. The Morgan fingerprint density at radius 3 is 2.52 bits per heavy atom. The summed E-state index contributed by atoms with van der Waals surface area (Å²) in [5, 5.41) is 10.5. The molecule has 2 aliphatic rings. The van der Waals surface area contributed by atoms with Gasteiger partial charge in [0.2, 0.25) is 5.13 Å². The van der Waals surface area contributed by atoms with Crippen molar-refractivity contribution in [2.45, 2.75) is 65.8 Å². The molecular weight excluding hydrogens is 400 g/mol. The highest BCUT2D eigenvalue weighted by Gasteiger charge is 2.40. The summed E-state index contributed by atoms with van der Waals surface area (Å²) in [6.45, 7) is 8.18. The van der Waals surface area contributed by atoms with Gasteiger partial charge in [0.1, 0.15) is 5.01 Å². The fourth-order valence-electron chi connectivity index (χ4n) is 3.87. The SMILES string of the molecule is C/C(=C1/S/C(=N/c2nnc(C)s2)N(C2CCCCC2)C1=O)c1ccc(C)c(C)c1. The lowest BCUT2D eigenvalue weighted by Crippen LogP contribution is -2.40. The van der Waals surface area contributed by atoms with Crippen LogP contribution in [0.3, 0.4) is 0 Å². The highest BCUT2D eigenvalue weighted by Crippen LogP contribution is 2.41. The maximum atomic E-state index is 13.5. The zero-order chi connectivity index (χ0) is 20.5. The Morgan fingerprint density at radius 1 is 1.10 bits per heavy atom. The molecule has 2 heterocycles. The van der Waals surface area contributed by atoms with Crippen molar-refractivity contribution >= 4 is 44.9 Å². The minimum atomic E-state index is 0.0811. The number of amides is 1. The molecule has 1 aromatic heterocycles.